The van der Waals surface area contributed by atoms with Crippen molar-refractivity contribution >= 4 is 23.2 Å². The van der Waals surface area contributed by atoms with Gasteiger partial charge in [0.25, 0.3) is 5.91 Å². The fourth-order valence-electron chi connectivity index (χ4n) is 1.92. The molecule has 0 spiro atoms. The van der Waals surface area contributed by atoms with E-state index in [4.69, 9.17) is 0 Å². The van der Waals surface area contributed by atoms with Gasteiger partial charge in [0.15, 0.2) is 5.69 Å². The van der Waals surface area contributed by atoms with E-state index in [0.717, 1.165) is 22.7 Å². The van der Waals surface area contributed by atoms with Gasteiger partial charge >= 0.3 is 0 Å². The van der Waals surface area contributed by atoms with Crippen molar-refractivity contribution in [3.8, 4) is 0 Å². The smallest absolute Gasteiger partial charge is 0.265 e. The number of nitrogens with zero attached hydrogens (tertiary/aromatic N) is 3. The molecule has 0 aliphatic rings. The highest BCUT2D eigenvalue weighted by molar-refractivity contribution is 7.03. The van der Waals surface area contributed by atoms with Gasteiger partial charge in [0.05, 0.1) is 5.71 Å². The SMILES string of the molecule is O=C(NN=C(c1ccccc1)c1ccccc1)c1csnn1. The molecule has 0 aliphatic carbocycles. The van der Waals surface area contributed by atoms with Gasteiger partial charge in [-0.25, -0.2) is 5.43 Å². The number of carbonyl (C=O) groups is 1. The molecule has 108 valence electrons. The maximum Gasteiger partial charge on any atom is 0.292 e. The van der Waals surface area contributed by atoms with E-state index in [1.807, 2.05) is 60.7 Å². The van der Waals surface area contributed by atoms with Gasteiger partial charge in [-0.3, -0.25) is 4.79 Å². The van der Waals surface area contributed by atoms with Crippen LogP contribution in [0.15, 0.2) is 71.1 Å². The summed E-state index contributed by atoms with van der Waals surface area (Å²) in [4.78, 5) is 12.0. The average Bonchev–Trinajstić information content (AvgIpc) is 3.11. The van der Waals surface area contributed by atoms with Gasteiger partial charge in [-0.2, -0.15) is 5.10 Å². The number of aromatic nitrogens is 2. The van der Waals surface area contributed by atoms with E-state index >= 15 is 0 Å². The molecule has 0 bridgehead atoms. The number of amides is 1. The Hall–Kier alpha value is -2.86. The predicted molar refractivity (Wildman–Crippen MR) is 85.9 cm³/mol. The van der Waals surface area contributed by atoms with Crippen molar-refractivity contribution in [2.45, 2.75) is 0 Å². The van der Waals surface area contributed by atoms with Gasteiger partial charge in [0.1, 0.15) is 0 Å². The summed E-state index contributed by atoms with van der Waals surface area (Å²) in [6.07, 6.45) is 0. The van der Waals surface area contributed by atoms with Gasteiger partial charge in [0, 0.05) is 16.5 Å². The fourth-order valence-corrected chi connectivity index (χ4v) is 2.35. The minimum absolute atomic E-state index is 0.259. The number of benzene rings is 2. The van der Waals surface area contributed by atoms with Crippen LogP contribution < -0.4 is 5.43 Å². The Morgan fingerprint density at radius 1 is 0.955 bits per heavy atom. The molecule has 1 N–H and O–H groups in total. The van der Waals surface area contributed by atoms with Crippen LogP contribution in [-0.4, -0.2) is 21.2 Å². The molecular formula is C16H12N4OS. The molecule has 1 aromatic heterocycles. The number of hydrazone groups is 1. The van der Waals surface area contributed by atoms with Crippen molar-refractivity contribution in [1.82, 2.24) is 15.0 Å². The highest BCUT2D eigenvalue weighted by atomic mass is 32.1. The van der Waals surface area contributed by atoms with Crippen molar-refractivity contribution in [1.29, 1.82) is 0 Å². The molecule has 5 nitrogen and oxygen atoms in total. The lowest BCUT2D eigenvalue weighted by atomic mass is 10.0. The number of hydrogen-bond donors (Lipinski definition) is 1. The first-order chi connectivity index (χ1) is 10.8. The topological polar surface area (TPSA) is 67.2 Å². The molecule has 1 amide bonds. The van der Waals surface area contributed by atoms with E-state index in [9.17, 15) is 4.79 Å². The summed E-state index contributed by atoms with van der Waals surface area (Å²) in [6, 6.07) is 19.4. The van der Waals surface area contributed by atoms with E-state index in [2.05, 4.69) is 20.1 Å². The molecule has 0 atom stereocenters. The van der Waals surface area contributed by atoms with Gasteiger partial charge in [-0.15, -0.1) is 5.10 Å². The Kier molecular flexibility index (Phi) is 4.31. The summed E-state index contributed by atoms with van der Waals surface area (Å²) in [5, 5.41) is 9.58. The van der Waals surface area contributed by atoms with Crippen molar-refractivity contribution in [3.05, 3.63) is 82.9 Å². The minimum atomic E-state index is -0.377. The molecule has 3 rings (SSSR count). The third-order valence-electron chi connectivity index (χ3n) is 2.96. The Labute approximate surface area is 131 Å². The molecule has 0 aliphatic heterocycles. The second-order valence-corrected chi connectivity index (χ2v) is 5.03. The largest absolute Gasteiger partial charge is 0.292 e. The molecule has 22 heavy (non-hydrogen) atoms. The van der Waals surface area contributed by atoms with Crippen LogP contribution in [0, 0.1) is 0 Å². The molecule has 3 aromatic rings. The molecule has 0 saturated heterocycles. The van der Waals surface area contributed by atoms with Gasteiger partial charge in [-0.1, -0.05) is 65.2 Å². The van der Waals surface area contributed by atoms with Crippen LogP contribution in [-0.2, 0) is 0 Å². The van der Waals surface area contributed by atoms with Crippen molar-refractivity contribution in [2.24, 2.45) is 5.10 Å². The van der Waals surface area contributed by atoms with E-state index in [1.165, 1.54) is 0 Å². The summed E-state index contributed by atoms with van der Waals surface area (Å²) in [5.74, 6) is -0.377. The van der Waals surface area contributed by atoms with E-state index in [-0.39, 0.29) is 11.6 Å². The van der Waals surface area contributed by atoms with Crippen LogP contribution in [0.25, 0.3) is 0 Å². The molecule has 0 saturated carbocycles. The number of hydrogen-bond acceptors (Lipinski definition) is 5. The van der Waals surface area contributed by atoms with Crippen LogP contribution in [0.3, 0.4) is 0 Å². The van der Waals surface area contributed by atoms with Crippen molar-refractivity contribution in [2.75, 3.05) is 0 Å². The summed E-state index contributed by atoms with van der Waals surface area (Å²) in [5.41, 5.74) is 5.33. The minimum Gasteiger partial charge on any atom is -0.265 e. The standard InChI is InChI=1S/C16H12N4OS/c21-16(14-11-22-20-17-14)19-18-15(12-7-3-1-4-8-12)13-9-5-2-6-10-13/h1-11H,(H,19,21). The van der Waals surface area contributed by atoms with E-state index in [1.54, 1.807) is 5.38 Å². The maximum atomic E-state index is 12.0. The second kappa shape index (κ2) is 6.73. The zero-order chi connectivity index (χ0) is 15.2. The molecule has 0 radical (unpaired) electrons. The van der Waals surface area contributed by atoms with Crippen LogP contribution in [0.4, 0.5) is 0 Å². The van der Waals surface area contributed by atoms with Crippen LogP contribution >= 0.6 is 11.5 Å². The highest BCUT2D eigenvalue weighted by Gasteiger charge is 2.10. The van der Waals surface area contributed by atoms with Gasteiger partial charge in [-0.05, 0) is 11.5 Å². The fraction of sp³-hybridized carbons (Fsp3) is 0. The van der Waals surface area contributed by atoms with E-state index in [0.29, 0.717) is 5.71 Å². The normalized spacial score (nSPS) is 10.0. The Morgan fingerprint density at radius 3 is 2.05 bits per heavy atom. The van der Waals surface area contributed by atoms with Crippen LogP contribution in [0.5, 0.6) is 0 Å². The Balaban J connectivity index is 1.92. The molecule has 1 heterocycles. The predicted octanol–water partition coefficient (Wildman–Crippen LogP) is 2.72. The Morgan fingerprint density at radius 2 is 1.55 bits per heavy atom. The first-order valence-corrected chi connectivity index (χ1v) is 7.44. The molecular weight excluding hydrogens is 296 g/mol. The first kappa shape index (κ1) is 14.1. The number of rotatable bonds is 4. The summed E-state index contributed by atoms with van der Waals surface area (Å²) >= 11 is 1.12. The zero-order valence-corrected chi connectivity index (χ0v) is 12.3. The molecule has 0 unspecified atom stereocenters. The summed E-state index contributed by atoms with van der Waals surface area (Å²) in [7, 11) is 0. The lowest BCUT2D eigenvalue weighted by Gasteiger charge is -2.07. The Bertz CT molecular complexity index is 729. The van der Waals surface area contributed by atoms with Crippen LogP contribution in [0.2, 0.25) is 0 Å². The summed E-state index contributed by atoms with van der Waals surface area (Å²) in [6.45, 7) is 0. The number of nitrogens with one attached hydrogen (secondary N) is 1. The molecule has 0 fully saturated rings. The maximum absolute atomic E-state index is 12.0. The lowest BCUT2D eigenvalue weighted by molar-refractivity contribution is 0.0950. The van der Waals surface area contributed by atoms with Crippen molar-refractivity contribution in [3.63, 3.8) is 0 Å². The lowest BCUT2D eigenvalue weighted by Crippen LogP contribution is -2.21. The first-order valence-electron chi connectivity index (χ1n) is 6.60. The van der Waals surface area contributed by atoms with Gasteiger partial charge < -0.3 is 0 Å². The quantitative estimate of drug-likeness (QED) is 0.595. The third kappa shape index (κ3) is 3.24. The van der Waals surface area contributed by atoms with E-state index < -0.39 is 0 Å². The average molecular weight is 308 g/mol. The summed E-state index contributed by atoms with van der Waals surface area (Å²) < 4.78 is 3.67. The zero-order valence-electron chi connectivity index (χ0n) is 11.5. The molecule has 2 aromatic carbocycles. The monoisotopic (exact) mass is 308 g/mol. The van der Waals surface area contributed by atoms with Crippen LogP contribution in [0.1, 0.15) is 21.6 Å². The third-order valence-corrected chi connectivity index (χ3v) is 3.46. The van der Waals surface area contributed by atoms with Crippen molar-refractivity contribution < 1.29 is 4.79 Å². The molecule has 6 heteroatoms. The number of carbonyl (C=O) groups excluding carboxylic acids is 1. The second-order valence-electron chi connectivity index (χ2n) is 4.42. The highest BCUT2D eigenvalue weighted by Crippen LogP contribution is 2.10. The van der Waals surface area contributed by atoms with Gasteiger partial charge in [0.2, 0.25) is 0 Å².